The molecule has 0 saturated carbocycles. The van der Waals surface area contributed by atoms with E-state index >= 15 is 0 Å². The third kappa shape index (κ3) is 6.28. The minimum absolute atomic E-state index is 0.0983. The fourth-order valence-corrected chi connectivity index (χ4v) is 3.12. The van der Waals surface area contributed by atoms with E-state index in [4.69, 9.17) is 9.15 Å². The smallest absolute Gasteiger partial charge is 0.408 e. The number of carbonyl (C=O) groups is 3. The molecule has 3 rings (SSSR count). The fraction of sp³-hybridized carbons (Fsp3) is 0.250. The van der Waals surface area contributed by atoms with E-state index in [1.807, 2.05) is 44.2 Å². The number of amides is 2. The van der Waals surface area contributed by atoms with Gasteiger partial charge in [-0.05, 0) is 36.1 Å². The van der Waals surface area contributed by atoms with Gasteiger partial charge in [0.2, 0.25) is 5.91 Å². The average Bonchev–Trinajstić information content (AvgIpc) is 3.33. The van der Waals surface area contributed by atoms with E-state index < -0.39 is 18.0 Å². The Hall–Kier alpha value is -3.94. The highest BCUT2D eigenvalue weighted by Gasteiger charge is 2.23. The molecule has 0 aliphatic carbocycles. The molecule has 0 radical (unpaired) electrons. The normalized spacial score (nSPS) is 11.6. The predicted molar refractivity (Wildman–Crippen MR) is 119 cm³/mol. The number of alkyl carbamates (subject to hydrolysis) is 1. The molecule has 1 heterocycles. The van der Waals surface area contributed by atoms with Crippen LogP contribution in [0.5, 0.6) is 0 Å². The van der Waals surface area contributed by atoms with Crippen LogP contribution in [0.1, 0.15) is 36.2 Å². The third-order valence-electron chi connectivity index (χ3n) is 4.68. The minimum atomic E-state index is -0.827. The van der Waals surface area contributed by atoms with E-state index in [2.05, 4.69) is 15.6 Å². The second-order valence-electron chi connectivity index (χ2n) is 7.66. The Bertz CT molecular complexity index is 1050. The maximum atomic E-state index is 12.9. The van der Waals surface area contributed by atoms with Crippen LogP contribution in [0.2, 0.25) is 0 Å². The van der Waals surface area contributed by atoms with Crippen molar-refractivity contribution in [1.29, 1.82) is 0 Å². The van der Waals surface area contributed by atoms with E-state index in [0.717, 1.165) is 5.56 Å². The number of rotatable bonds is 9. The number of nitrogens with one attached hydrogen (secondary N) is 2. The molecule has 32 heavy (non-hydrogen) atoms. The molecule has 166 valence electrons. The molecule has 0 spiro atoms. The van der Waals surface area contributed by atoms with Crippen molar-refractivity contribution in [3.63, 3.8) is 0 Å². The van der Waals surface area contributed by atoms with Gasteiger partial charge in [0.15, 0.2) is 18.4 Å². The lowest BCUT2D eigenvalue weighted by Gasteiger charge is -2.20. The maximum Gasteiger partial charge on any atom is 0.408 e. The molecule has 0 aliphatic heterocycles. The van der Waals surface area contributed by atoms with Gasteiger partial charge in [0, 0.05) is 11.1 Å². The number of hydrogen-bond donors (Lipinski definition) is 2. The van der Waals surface area contributed by atoms with Crippen LogP contribution in [0.15, 0.2) is 65.5 Å². The maximum absolute atomic E-state index is 12.9. The lowest BCUT2D eigenvalue weighted by molar-refractivity contribution is -0.118. The molecule has 0 aliphatic rings. The summed E-state index contributed by atoms with van der Waals surface area (Å²) < 4.78 is 10.5. The van der Waals surface area contributed by atoms with Crippen LogP contribution < -0.4 is 10.6 Å². The fourth-order valence-electron chi connectivity index (χ4n) is 3.12. The van der Waals surface area contributed by atoms with Gasteiger partial charge >= 0.3 is 6.09 Å². The van der Waals surface area contributed by atoms with Crippen molar-refractivity contribution >= 4 is 24.0 Å². The largest absolute Gasteiger partial charge is 0.445 e. The van der Waals surface area contributed by atoms with E-state index in [1.54, 1.807) is 18.2 Å². The molecule has 2 amide bonds. The van der Waals surface area contributed by atoms with Gasteiger partial charge in [-0.25, -0.2) is 9.78 Å². The van der Waals surface area contributed by atoms with Gasteiger partial charge in [0.05, 0.1) is 11.9 Å². The summed E-state index contributed by atoms with van der Waals surface area (Å²) in [5.74, 6) is 0.205. The Labute approximate surface area is 186 Å². The SMILES string of the molecule is CC(C)C[C@@H](NC(=O)OCc1ccccc1)C(=O)Nc1ccc(-c2cnco2)cc1C=O. The molecule has 1 aromatic heterocycles. The predicted octanol–water partition coefficient (Wildman–Crippen LogP) is 4.43. The number of benzene rings is 2. The van der Waals surface area contributed by atoms with Crippen LogP contribution in [0, 0.1) is 5.92 Å². The molecular weight excluding hydrogens is 410 g/mol. The standard InChI is InChI=1S/C24H25N3O5/c1-16(2)10-21(27-24(30)31-14-17-6-4-3-5-7-17)23(29)26-20-9-8-18(11-19(20)13-28)22-12-25-15-32-22/h3-9,11-13,15-16,21H,10,14H2,1-2H3,(H,26,29)(H,27,30)/t21-/m1/s1. The number of aldehydes is 1. The Morgan fingerprint density at radius 1 is 1.16 bits per heavy atom. The van der Waals surface area contributed by atoms with Gasteiger partial charge < -0.3 is 19.8 Å². The Balaban J connectivity index is 1.67. The third-order valence-corrected chi connectivity index (χ3v) is 4.68. The van der Waals surface area contributed by atoms with Crippen molar-refractivity contribution in [3.8, 4) is 11.3 Å². The molecular formula is C24H25N3O5. The van der Waals surface area contributed by atoms with E-state index in [1.165, 1.54) is 12.6 Å². The molecule has 0 fully saturated rings. The summed E-state index contributed by atoms with van der Waals surface area (Å²) in [6, 6.07) is 13.4. The molecule has 8 heteroatoms. The molecule has 8 nitrogen and oxygen atoms in total. The first kappa shape index (κ1) is 22.7. The number of hydrogen-bond acceptors (Lipinski definition) is 6. The first-order valence-electron chi connectivity index (χ1n) is 10.2. The topological polar surface area (TPSA) is 111 Å². The van der Waals surface area contributed by atoms with Crippen LogP contribution >= 0.6 is 0 Å². The van der Waals surface area contributed by atoms with Crippen molar-refractivity contribution in [3.05, 3.63) is 72.2 Å². The van der Waals surface area contributed by atoms with Gasteiger partial charge in [-0.1, -0.05) is 44.2 Å². The van der Waals surface area contributed by atoms with Crippen molar-refractivity contribution in [1.82, 2.24) is 10.3 Å². The zero-order valence-electron chi connectivity index (χ0n) is 17.9. The molecule has 1 atom stereocenters. The summed E-state index contributed by atoms with van der Waals surface area (Å²) in [6.45, 7) is 3.99. The lowest BCUT2D eigenvalue weighted by atomic mass is 10.0. The lowest BCUT2D eigenvalue weighted by Crippen LogP contribution is -2.44. The van der Waals surface area contributed by atoms with Crippen molar-refractivity contribution in [2.45, 2.75) is 32.9 Å². The second kappa shape index (κ2) is 10.9. The summed E-state index contributed by atoms with van der Waals surface area (Å²) in [4.78, 5) is 40.6. The monoisotopic (exact) mass is 435 g/mol. The van der Waals surface area contributed by atoms with Gasteiger partial charge in [0.1, 0.15) is 12.6 Å². The van der Waals surface area contributed by atoms with E-state index in [-0.39, 0.29) is 18.1 Å². The van der Waals surface area contributed by atoms with Crippen LogP contribution in [-0.4, -0.2) is 29.3 Å². The number of nitrogens with zero attached hydrogens (tertiary/aromatic N) is 1. The molecule has 0 unspecified atom stereocenters. The van der Waals surface area contributed by atoms with Gasteiger partial charge in [-0.2, -0.15) is 0 Å². The molecule has 0 saturated heterocycles. The molecule has 2 aromatic carbocycles. The van der Waals surface area contributed by atoms with Crippen LogP contribution in [0.3, 0.4) is 0 Å². The Kier molecular flexibility index (Phi) is 7.75. The highest BCUT2D eigenvalue weighted by atomic mass is 16.5. The van der Waals surface area contributed by atoms with Crippen LogP contribution in [-0.2, 0) is 16.1 Å². The minimum Gasteiger partial charge on any atom is -0.445 e. The Morgan fingerprint density at radius 3 is 2.59 bits per heavy atom. The zero-order valence-corrected chi connectivity index (χ0v) is 17.9. The number of oxazole rings is 1. The van der Waals surface area contributed by atoms with E-state index in [0.29, 0.717) is 29.7 Å². The van der Waals surface area contributed by atoms with Crippen molar-refractivity contribution in [2.75, 3.05) is 5.32 Å². The number of carbonyl (C=O) groups excluding carboxylic acids is 3. The first-order chi connectivity index (χ1) is 15.5. The highest BCUT2D eigenvalue weighted by molar-refractivity contribution is 6.00. The van der Waals surface area contributed by atoms with Gasteiger partial charge in [0.25, 0.3) is 0 Å². The summed E-state index contributed by atoms with van der Waals surface area (Å²) in [5, 5.41) is 5.36. The molecule has 2 N–H and O–H groups in total. The first-order valence-corrected chi connectivity index (χ1v) is 10.2. The summed E-state index contributed by atoms with van der Waals surface area (Å²) in [7, 11) is 0. The van der Waals surface area contributed by atoms with Crippen LogP contribution in [0.25, 0.3) is 11.3 Å². The van der Waals surface area contributed by atoms with Crippen molar-refractivity contribution < 1.29 is 23.5 Å². The van der Waals surface area contributed by atoms with Crippen LogP contribution in [0.4, 0.5) is 10.5 Å². The average molecular weight is 435 g/mol. The van der Waals surface area contributed by atoms with Crippen molar-refractivity contribution in [2.24, 2.45) is 5.92 Å². The number of ether oxygens (including phenoxy) is 1. The summed E-state index contributed by atoms with van der Waals surface area (Å²) >= 11 is 0. The van der Waals surface area contributed by atoms with Gasteiger partial charge in [-0.3, -0.25) is 9.59 Å². The quantitative estimate of drug-likeness (QED) is 0.481. The van der Waals surface area contributed by atoms with E-state index in [9.17, 15) is 14.4 Å². The zero-order chi connectivity index (χ0) is 22.9. The number of aromatic nitrogens is 1. The Morgan fingerprint density at radius 2 is 1.94 bits per heavy atom. The van der Waals surface area contributed by atoms with Gasteiger partial charge in [-0.15, -0.1) is 0 Å². The summed E-state index contributed by atoms with van der Waals surface area (Å²) in [5.41, 5.74) is 2.11. The number of anilines is 1. The highest BCUT2D eigenvalue weighted by Crippen LogP contribution is 2.24. The molecule has 3 aromatic rings. The molecule has 0 bridgehead atoms. The second-order valence-corrected chi connectivity index (χ2v) is 7.66. The summed E-state index contributed by atoms with van der Waals surface area (Å²) in [6.07, 6.45) is 3.19.